The number of benzene rings is 1. The SMILES string of the molecule is C=NCOC1CCN(C(=O)c2ccc(-n3[nH]cc(-c4ccc(C#N)cc4C)c3=O)nc2)CC1. The molecule has 1 amide bonds. The Kier molecular flexibility index (Phi) is 6.47. The number of piperidine rings is 1. The molecule has 1 aromatic carbocycles. The number of aromatic nitrogens is 3. The van der Waals surface area contributed by atoms with E-state index >= 15 is 0 Å². The van der Waals surface area contributed by atoms with E-state index in [1.807, 2.05) is 6.92 Å². The first-order valence-electron chi connectivity index (χ1n) is 10.6. The van der Waals surface area contributed by atoms with Crippen molar-refractivity contribution in [3.63, 3.8) is 0 Å². The van der Waals surface area contributed by atoms with Crippen LogP contribution < -0.4 is 5.56 Å². The maximum absolute atomic E-state index is 13.0. The Morgan fingerprint density at radius 1 is 1.30 bits per heavy atom. The van der Waals surface area contributed by atoms with Gasteiger partial charge in [0.25, 0.3) is 11.5 Å². The van der Waals surface area contributed by atoms with Crippen molar-refractivity contribution in [2.24, 2.45) is 4.99 Å². The summed E-state index contributed by atoms with van der Waals surface area (Å²) in [5, 5.41) is 12.0. The largest absolute Gasteiger partial charge is 0.356 e. The number of aryl methyl sites for hydroxylation is 1. The van der Waals surface area contributed by atoms with Gasteiger partial charge >= 0.3 is 0 Å². The summed E-state index contributed by atoms with van der Waals surface area (Å²) in [6.45, 7) is 6.74. The van der Waals surface area contributed by atoms with E-state index in [4.69, 9.17) is 10.00 Å². The molecule has 0 bridgehead atoms. The molecule has 0 aliphatic carbocycles. The molecule has 1 aliphatic rings. The summed E-state index contributed by atoms with van der Waals surface area (Å²) < 4.78 is 6.90. The number of nitrogens with one attached hydrogen (secondary N) is 1. The highest BCUT2D eigenvalue weighted by molar-refractivity contribution is 5.94. The molecule has 0 saturated carbocycles. The average molecular weight is 444 g/mol. The zero-order chi connectivity index (χ0) is 23.4. The first kappa shape index (κ1) is 22.2. The number of carbonyl (C=O) groups excluding carboxylic acids is 1. The van der Waals surface area contributed by atoms with E-state index in [-0.39, 0.29) is 24.3 Å². The minimum atomic E-state index is -0.259. The standard InChI is InChI=1S/C24H24N6O3/c1-16-11-17(12-25)3-5-20(16)21-14-28-30(24(21)32)22-6-4-18(13-27-22)23(31)29-9-7-19(8-10-29)33-15-26-2/h3-6,11,13-14,19,28H,2,7-10,15H2,1H3. The molecule has 4 rings (SSSR count). The summed E-state index contributed by atoms with van der Waals surface area (Å²) in [5.74, 6) is 0.292. The number of nitrogens with zero attached hydrogens (tertiary/aromatic N) is 5. The van der Waals surface area contributed by atoms with Gasteiger partial charge in [-0.1, -0.05) is 6.07 Å². The number of pyridine rings is 1. The van der Waals surface area contributed by atoms with Gasteiger partial charge in [-0.15, -0.1) is 0 Å². The van der Waals surface area contributed by atoms with Crippen molar-refractivity contribution < 1.29 is 9.53 Å². The van der Waals surface area contributed by atoms with Crippen LogP contribution in [0.2, 0.25) is 0 Å². The topological polar surface area (TPSA) is 116 Å². The van der Waals surface area contributed by atoms with Crippen LogP contribution in [0.3, 0.4) is 0 Å². The number of nitriles is 1. The van der Waals surface area contributed by atoms with Gasteiger partial charge in [0.05, 0.1) is 28.9 Å². The molecule has 1 aliphatic heterocycles. The zero-order valence-corrected chi connectivity index (χ0v) is 18.3. The Balaban J connectivity index is 1.48. The highest BCUT2D eigenvalue weighted by Gasteiger charge is 2.24. The van der Waals surface area contributed by atoms with E-state index in [1.165, 1.54) is 10.9 Å². The van der Waals surface area contributed by atoms with Crippen molar-refractivity contribution in [2.75, 3.05) is 19.8 Å². The Bertz CT molecular complexity index is 1260. The maximum Gasteiger partial charge on any atom is 0.280 e. The quantitative estimate of drug-likeness (QED) is 0.587. The normalized spacial score (nSPS) is 14.1. The fourth-order valence-electron chi connectivity index (χ4n) is 3.98. The number of H-pyrrole nitrogens is 1. The van der Waals surface area contributed by atoms with Crippen LogP contribution in [0.25, 0.3) is 16.9 Å². The molecule has 0 radical (unpaired) electrons. The van der Waals surface area contributed by atoms with Gasteiger partial charge in [0.2, 0.25) is 0 Å². The third-order valence-electron chi connectivity index (χ3n) is 5.77. The molecular weight excluding hydrogens is 420 g/mol. The Labute approximate surface area is 191 Å². The Hall–Kier alpha value is -4.03. The van der Waals surface area contributed by atoms with E-state index in [2.05, 4.69) is 27.9 Å². The summed E-state index contributed by atoms with van der Waals surface area (Å²) in [4.78, 5) is 35.6. The van der Waals surface area contributed by atoms with E-state index in [9.17, 15) is 9.59 Å². The number of amides is 1. The second-order valence-electron chi connectivity index (χ2n) is 7.89. The molecule has 1 saturated heterocycles. The molecule has 3 heterocycles. The van der Waals surface area contributed by atoms with Gasteiger partial charge in [0.1, 0.15) is 6.73 Å². The minimum Gasteiger partial charge on any atom is -0.356 e. The summed E-state index contributed by atoms with van der Waals surface area (Å²) in [6.07, 6.45) is 4.70. The predicted octanol–water partition coefficient (Wildman–Crippen LogP) is 2.69. The van der Waals surface area contributed by atoms with Gasteiger partial charge < -0.3 is 9.64 Å². The molecule has 9 nitrogen and oxygen atoms in total. The summed E-state index contributed by atoms with van der Waals surface area (Å²) in [6, 6.07) is 10.6. The van der Waals surface area contributed by atoms with Crippen LogP contribution in [0.1, 0.15) is 34.3 Å². The van der Waals surface area contributed by atoms with Crippen LogP contribution in [-0.2, 0) is 4.74 Å². The monoisotopic (exact) mass is 444 g/mol. The Morgan fingerprint density at radius 3 is 2.73 bits per heavy atom. The van der Waals surface area contributed by atoms with Gasteiger partial charge in [-0.25, -0.2) is 9.67 Å². The second kappa shape index (κ2) is 9.63. The van der Waals surface area contributed by atoms with Gasteiger partial charge in [-0.3, -0.25) is 19.7 Å². The smallest absolute Gasteiger partial charge is 0.280 e. The van der Waals surface area contributed by atoms with Crippen molar-refractivity contribution in [2.45, 2.75) is 25.9 Å². The van der Waals surface area contributed by atoms with Gasteiger partial charge in [0.15, 0.2) is 5.82 Å². The number of hydrogen-bond acceptors (Lipinski definition) is 6. The lowest BCUT2D eigenvalue weighted by Gasteiger charge is -2.31. The highest BCUT2D eigenvalue weighted by Crippen LogP contribution is 2.22. The second-order valence-corrected chi connectivity index (χ2v) is 7.89. The van der Waals surface area contributed by atoms with Gasteiger partial charge in [0, 0.05) is 25.5 Å². The summed E-state index contributed by atoms with van der Waals surface area (Å²) in [5.41, 5.74) is 2.81. The molecule has 0 spiro atoms. The first-order valence-corrected chi connectivity index (χ1v) is 10.6. The lowest BCUT2D eigenvalue weighted by Crippen LogP contribution is -2.41. The molecule has 9 heteroatoms. The van der Waals surface area contributed by atoms with Crippen LogP contribution in [0, 0.1) is 18.3 Å². The van der Waals surface area contributed by atoms with Gasteiger partial charge in [-0.05, 0) is 61.9 Å². The Morgan fingerprint density at radius 2 is 2.09 bits per heavy atom. The van der Waals surface area contributed by atoms with E-state index in [0.29, 0.717) is 35.6 Å². The van der Waals surface area contributed by atoms with Crippen LogP contribution in [0.15, 0.2) is 52.5 Å². The molecular formula is C24H24N6O3. The number of aliphatic imine (C=N–C) groups is 1. The summed E-state index contributed by atoms with van der Waals surface area (Å²) >= 11 is 0. The fraction of sp³-hybridized carbons (Fsp3) is 0.292. The third kappa shape index (κ3) is 4.61. The van der Waals surface area contributed by atoms with Crippen molar-refractivity contribution in [3.8, 4) is 23.0 Å². The van der Waals surface area contributed by atoms with Crippen LogP contribution in [-0.4, -0.2) is 58.2 Å². The van der Waals surface area contributed by atoms with Crippen LogP contribution in [0.4, 0.5) is 0 Å². The molecule has 1 N–H and O–H groups in total. The molecule has 33 heavy (non-hydrogen) atoms. The number of likely N-dealkylation sites (tertiary alicyclic amines) is 1. The molecule has 3 aromatic rings. The van der Waals surface area contributed by atoms with Crippen molar-refractivity contribution in [3.05, 3.63) is 69.8 Å². The van der Waals surface area contributed by atoms with Crippen LogP contribution >= 0.6 is 0 Å². The lowest BCUT2D eigenvalue weighted by atomic mass is 10.0. The van der Waals surface area contributed by atoms with E-state index in [1.54, 1.807) is 41.4 Å². The molecule has 1 fully saturated rings. The van der Waals surface area contributed by atoms with Crippen molar-refractivity contribution >= 4 is 12.6 Å². The number of aromatic amines is 1. The number of carbonyl (C=O) groups is 1. The van der Waals surface area contributed by atoms with Crippen LogP contribution in [0.5, 0.6) is 0 Å². The lowest BCUT2D eigenvalue weighted by molar-refractivity contribution is 0.0124. The van der Waals surface area contributed by atoms with Crippen molar-refractivity contribution in [1.82, 2.24) is 19.7 Å². The molecule has 0 atom stereocenters. The fourth-order valence-corrected chi connectivity index (χ4v) is 3.98. The van der Waals surface area contributed by atoms with Crippen molar-refractivity contribution in [1.29, 1.82) is 5.26 Å². The highest BCUT2D eigenvalue weighted by atomic mass is 16.5. The maximum atomic E-state index is 13.0. The number of ether oxygens (including phenoxy) is 1. The third-order valence-corrected chi connectivity index (χ3v) is 5.77. The van der Waals surface area contributed by atoms with E-state index in [0.717, 1.165) is 24.0 Å². The zero-order valence-electron chi connectivity index (χ0n) is 18.3. The summed E-state index contributed by atoms with van der Waals surface area (Å²) in [7, 11) is 0. The molecule has 168 valence electrons. The molecule has 2 aromatic heterocycles. The average Bonchev–Trinajstić information content (AvgIpc) is 3.23. The predicted molar refractivity (Wildman–Crippen MR) is 123 cm³/mol. The first-order chi connectivity index (χ1) is 16.0. The number of hydrogen-bond donors (Lipinski definition) is 1. The molecule has 0 unspecified atom stereocenters. The van der Waals surface area contributed by atoms with E-state index < -0.39 is 0 Å². The van der Waals surface area contributed by atoms with Gasteiger partial charge in [-0.2, -0.15) is 5.26 Å². The minimum absolute atomic E-state index is 0.0914. The number of rotatable bonds is 6.